The number of amides is 1. The maximum atomic E-state index is 11.7. The average molecular weight is 324 g/mol. The van der Waals surface area contributed by atoms with E-state index in [0.29, 0.717) is 11.5 Å². The Morgan fingerprint density at radius 1 is 1.08 bits per heavy atom. The first kappa shape index (κ1) is 17.3. The lowest BCUT2D eigenvalue weighted by atomic mass is 10.2. The first-order valence-corrected chi connectivity index (χ1v) is 7.50. The number of hydrogen-bond acceptors (Lipinski definition) is 4. The van der Waals surface area contributed by atoms with Gasteiger partial charge in [-0.2, -0.15) is 5.10 Å². The molecule has 0 spiro atoms. The maximum Gasteiger partial charge on any atom is 0.277 e. The second-order valence-corrected chi connectivity index (χ2v) is 5.00. The van der Waals surface area contributed by atoms with Gasteiger partial charge in [-0.3, -0.25) is 4.79 Å². The number of ether oxygens (including phenoxy) is 2. The molecule has 0 heterocycles. The first-order valence-electron chi connectivity index (χ1n) is 7.50. The van der Waals surface area contributed by atoms with Crippen LogP contribution >= 0.6 is 0 Å². The van der Waals surface area contributed by atoms with E-state index in [1.165, 1.54) is 0 Å². The lowest BCUT2D eigenvalue weighted by molar-refractivity contribution is -0.123. The van der Waals surface area contributed by atoms with Crippen LogP contribution in [0.3, 0.4) is 0 Å². The number of nitrogens with one attached hydrogen (secondary N) is 1. The van der Waals surface area contributed by atoms with Crippen LogP contribution in [0.25, 0.3) is 6.08 Å². The van der Waals surface area contributed by atoms with E-state index in [1.54, 1.807) is 31.4 Å². The van der Waals surface area contributed by atoms with Crippen molar-refractivity contribution in [2.45, 2.75) is 6.92 Å². The molecule has 1 amide bonds. The van der Waals surface area contributed by atoms with Crippen molar-refractivity contribution >= 4 is 17.7 Å². The summed E-state index contributed by atoms with van der Waals surface area (Å²) in [5, 5.41) is 4.01. The zero-order chi connectivity index (χ0) is 17.2. The van der Waals surface area contributed by atoms with Gasteiger partial charge >= 0.3 is 0 Å². The fourth-order valence-corrected chi connectivity index (χ4v) is 1.82. The molecule has 0 saturated carbocycles. The number of hydrogen-bond donors (Lipinski definition) is 1. The number of benzene rings is 2. The van der Waals surface area contributed by atoms with Crippen molar-refractivity contribution in [2.24, 2.45) is 5.10 Å². The predicted octanol–water partition coefficient (Wildman–Crippen LogP) is 3.28. The molecule has 0 atom stereocenters. The Hall–Kier alpha value is -3.08. The summed E-state index contributed by atoms with van der Waals surface area (Å²) in [6, 6.07) is 16.9. The Kier molecular flexibility index (Phi) is 6.58. The number of nitrogens with zero attached hydrogens (tertiary/aromatic N) is 1. The number of rotatable bonds is 7. The molecule has 2 rings (SSSR count). The summed E-state index contributed by atoms with van der Waals surface area (Å²) in [6.07, 6.45) is 3.76. The van der Waals surface area contributed by atoms with Crippen LogP contribution in [-0.4, -0.2) is 25.3 Å². The third-order valence-corrected chi connectivity index (χ3v) is 3.10. The van der Waals surface area contributed by atoms with Crippen molar-refractivity contribution in [3.05, 3.63) is 66.2 Å². The fourth-order valence-electron chi connectivity index (χ4n) is 1.82. The molecule has 0 fully saturated rings. The predicted molar refractivity (Wildman–Crippen MR) is 95.2 cm³/mol. The third-order valence-electron chi connectivity index (χ3n) is 3.10. The highest BCUT2D eigenvalue weighted by Crippen LogP contribution is 2.16. The van der Waals surface area contributed by atoms with E-state index in [-0.39, 0.29) is 12.5 Å². The molecule has 0 aliphatic rings. The maximum absolute atomic E-state index is 11.7. The van der Waals surface area contributed by atoms with E-state index < -0.39 is 0 Å². The highest BCUT2D eigenvalue weighted by atomic mass is 16.5. The van der Waals surface area contributed by atoms with Gasteiger partial charge in [-0.25, -0.2) is 5.43 Å². The average Bonchev–Trinajstić information content (AvgIpc) is 2.64. The number of allylic oxidation sites excluding steroid dienone is 1. The third kappa shape index (κ3) is 5.96. The Balaban J connectivity index is 1.77. The first-order chi connectivity index (χ1) is 11.7. The van der Waals surface area contributed by atoms with Gasteiger partial charge in [-0.05, 0) is 42.8 Å². The lowest BCUT2D eigenvalue weighted by Crippen LogP contribution is -2.25. The van der Waals surface area contributed by atoms with Gasteiger partial charge in [0.2, 0.25) is 0 Å². The summed E-state index contributed by atoms with van der Waals surface area (Å²) >= 11 is 0. The topological polar surface area (TPSA) is 59.9 Å². The molecule has 0 aromatic heterocycles. The normalized spacial score (nSPS) is 11.3. The van der Waals surface area contributed by atoms with Gasteiger partial charge in [0, 0.05) is 0 Å². The second-order valence-electron chi connectivity index (χ2n) is 5.00. The minimum atomic E-state index is -0.321. The van der Waals surface area contributed by atoms with Gasteiger partial charge < -0.3 is 9.47 Å². The van der Waals surface area contributed by atoms with E-state index in [0.717, 1.165) is 11.3 Å². The molecule has 0 saturated heterocycles. The molecule has 2 aromatic carbocycles. The van der Waals surface area contributed by atoms with E-state index in [9.17, 15) is 4.79 Å². The second kappa shape index (κ2) is 9.15. The SMILES string of the molecule is COc1ccc(OCC(=O)NN=C(C)C=Cc2ccccc2)cc1. The van der Waals surface area contributed by atoms with Crippen molar-refractivity contribution in [3.8, 4) is 11.5 Å². The Morgan fingerprint density at radius 2 is 1.75 bits per heavy atom. The fraction of sp³-hybridized carbons (Fsp3) is 0.158. The van der Waals surface area contributed by atoms with Crippen LogP contribution in [0.15, 0.2) is 65.8 Å². The molecule has 0 aliphatic carbocycles. The number of hydrazone groups is 1. The zero-order valence-electron chi connectivity index (χ0n) is 13.7. The molecule has 0 radical (unpaired) electrons. The van der Waals surface area contributed by atoms with Crippen LogP contribution < -0.4 is 14.9 Å². The monoisotopic (exact) mass is 324 g/mol. The molecule has 0 aliphatic heterocycles. The summed E-state index contributed by atoms with van der Waals surface area (Å²) in [4.78, 5) is 11.7. The molecule has 5 nitrogen and oxygen atoms in total. The van der Waals surface area contributed by atoms with Crippen LogP contribution in [0.1, 0.15) is 12.5 Å². The van der Waals surface area contributed by atoms with E-state index in [4.69, 9.17) is 9.47 Å². The van der Waals surface area contributed by atoms with Crippen LogP contribution in [0.5, 0.6) is 11.5 Å². The summed E-state index contributed by atoms with van der Waals surface area (Å²) in [5.41, 5.74) is 4.22. The van der Waals surface area contributed by atoms with Crippen LogP contribution in [-0.2, 0) is 4.79 Å². The van der Waals surface area contributed by atoms with Gasteiger partial charge in [0.05, 0.1) is 12.8 Å². The summed E-state index contributed by atoms with van der Waals surface area (Å²) in [6.45, 7) is 1.70. The highest BCUT2D eigenvalue weighted by molar-refractivity contribution is 5.97. The van der Waals surface area contributed by atoms with Gasteiger partial charge in [0.25, 0.3) is 5.91 Å². The summed E-state index contributed by atoms with van der Waals surface area (Å²) in [5.74, 6) is 1.01. The standard InChI is InChI=1S/C19H20N2O3/c1-15(8-9-16-6-4-3-5-7-16)20-21-19(22)14-24-18-12-10-17(23-2)11-13-18/h3-13H,14H2,1-2H3,(H,21,22). The summed E-state index contributed by atoms with van der Waals surface area (Å²) in [7, 11) is 1.59. The van der Waals surface area contributed by atoms with Crippen molar-refractivity contribution in [1.82, 2.24) is 5.43 Å². The quantitative estimate of drug-likeness (QED) is 0.628. The largest absolute Gasteiger partial charge is 0.497 e. The van der Waals surface area contributed by atoms with Gasteiger partial charge in [0.15, 0.2) is 6.61 Å². The number of carbonyl (C=O) groups excluding carboxylic acids is 1. The Bertz CT molecular complexity index is 707. The Labute approximate surface area is 141 Å². The lowest BCUT2D eigenvalue weighted by Gasteiger charge is -2.06. The van der Waals surface area contributed by atoms with Crippen LogP contribution in [0, 0.1) is 0 Å². The van der Waals surface area contributed by atoms with Crippen molar-refractivity contribution in [2.75, 3.05) is 13.7 Å². The highest BCUT2D eigenvalue weighted by Gasteiger charge is 2.02. The number of carbonyl (C=O) groups is 1. The van der Waals surface area contributed by atoms with Crippen molar-refractivity contribution in [1.29, 1.82) is 0 Å². The van der Waals surface area contributed by atoms with Gasteiger partial charge in [0.1, 0.15) is 11.5 Å². The minimum Gasteiger partial charge on any atom is -0.497 e. The molecule has 0 bridgehead atoms. The Morgan fingerprint density at radius 3 is 2.42 bits per heavy atom. The van der Waals surface area contributed by atoms with E-state index >= 15 is 0 Å². The zero-order valence-corrected chi connectivity index (χ0v) is 13.7. The van der Waals surface area contributed by atoms with Crippen molar-refractivity contribution in [3.63, 3.8) is 0 Å². The molecule has 124 valence electrons. The van der Waals surface area contributed by atoms with E-state index in [2.05, 4.69) is 10.5 Å². The molecular weight excluding hydrogens is 304 g/mol. The molecule has 24 heavy (non-hydrogen) atoms. The molecule has 5 heteroatoms. The molecule has 1 N–H and O–H groups in total. The smallest absolute Gasteiger partial charge is 0.277 e. The van der Waals surface area contributed by atoms with Crippen molar-refractivity contribution < 1.29 is 14.3 Å². The van der Waals surface area contributed by atoms with Crippen LogP contribution in [0.4, 0.5) is 0 Å². The van der Waals surface area contributed by atoms with Gasteiger partial charge in [-0.15, -0.1) is 0 Å². The number of methoxy groups -OCH3 is 1. The van der Waals surface area contributed by atoms with Crippen LogP contribution in [0.2, 0.25) is 0 Å². The minimum absolute atomic E-state index is 0.106. The molecule has 2 aromatic rings. The van der Waals surface area contributed by atoms with Gasteiger partial charge in [-0.1, -0.05) is 36.4 Å². The molecule has 0 unspecified atom stereocenters. The van der Waals surface area contributed by atoms with E-state index in [1.807, 2.05) is 49.4 Å². The summed E-state index contributed by atoms with van der Waals surface area (Å²) < 4.78 is 10.4. The molecular formula is C19H20N2O3.